The summed E-state index contributed by atoms with van der Waals surface area (Å²) in [7, 11) is 0. The van der Waals surface area contributed by atoms with Crippen LogP contribution in [0.25, 0.3) is 0 Å². The van der Waals surface area contributed by atoms with E-state index in [1.807, 2.05) is 0 Å². The Morgan fingerprint density at radius 2 is 2.00 bits per heavy atom. The Labute approximate surface area is 110 Å². The number of amides is 1. The van der Waals surface area contributed by atoms with Gasteiger partial charge >= 0.3 is 0 Å². The minimum atomic E-state index is -0.364. The summed E-state index contributed by atoms with van der Waals surface area (Å²) in [6, 6.07) is 0.268. The molecule has 0 radical (unpaired) electrons. The number of nitrogens with two attached hydrogens (primary N) is 1. The van der Waals surface area contributed by atoms with Crippen molar-refractivity contribution in [3.8, 4) is 0 Å². The van der Waals surface area contributed by atoms with Gasteiger partial charge < -0.3 is 15.4 Å². The molecule has 1 amide bonds. The SMILES string of the molecule is CC(C)N(CC1CC1)C(=O)C1(CN)CCOCC1. The zero-order valence-corrected chi connectivity index (χ0v) is 11.7. The first-order chi connectivity index (χ1) is 8.59. The largest absolute Gasteiger partial charge is 0.381 e. The number of hydrogen-bond donors (Lipinski definition) is 1. The van der Waals surface area contributed by atoms with Crippen LogP contribution >= 0.6 is 0 Å². The number of carbonyl (C=O) groups is 1. The first kappa shape index (κ1) is 13.8. The maximum absolute atomic E-state index is 12.8. The Balaban J connectivity index is 2.08. The van der Waals surface area contributed by atoms with E-state index in [-0.39, 0.29) is 17.4 Å². The van der Waals surface area contributed by atoms with E-state index in [9.17, 15) is 4.79 Å². The van der Waals surface area contributed by atoms with E-state index in [2.05, 4.69) is 18.7 Å². The molecule has 0 aromatic rings. The van der Waals surface area contributed by atoms with E-state index in [4.69, 9.17) is 10.5 Å². The van der Waals surface area contributed by atoms with Crippen molar-refractivity contribution in [3.05, 3.63) is 0 Å². The summed E-state index contributed by atoms with van der Waals surface area (Å²) in [6.45, 7) is 6.90. The van der Waals surface area contributed by atoms with Crippen molar-refractivity contribution in [1.29, 1.82) is 0 Å². The number of ether oxygens (including phenoxy) is 1. The van der Waals surface area contributed by atoms with Crippen LogP contribution in [0.5, 0.6) is 0 Å². The highest BCUT2D eigenvalue weighted by atomic mass is 16.5. The normalized spacial score (nSPS) is 23.1. The standard InChI is InChI=1S/C14H26N2O2/c1-11(2)16(9-12-3-4-12)13(17)14(10-15)5-7-18-8-6-14/h11-12H,3-10,15H2,1-2H3. The van der Waals surface area contributed by atoms with Gasteiger partial charge in [-0.05, 0) is 45.4 Å². The maximum atomic E-state index is 12.8. The molecule has 2 rings (SSSR count). The van der Waals surface area contributed by atoms with Crippen molar-refractivity contribution < 1.29 is 9.53 Å². The third-order valence-corrected chi connectivity index (χ3v) is 4.33. The van der Waals surface area contributed by atoms with Gasteiger partial charge in [0.15, 0.2) is 0 Å². The van der Waals surface area contributed by atoms with Crippen molar-refractivity contribution in [2.75, 3.05) is 26.3 Å². The summed E-state index contributed by atoms with van der Waals surface area (Å²) in [5, 5.41) is 0. The number of hydrogen-bond acceptors (Lipinski definition) is 3. The molecule has 4 heteroatoms. The van der Waals surface area contributed by atoms with Crippen molar-refractivity contribution in [2.45, 2.75) is 45.6 Å². The van der Waals surface area contributed by atoms with E-state index < -0.39 is 0 Å². The van der Waals surface area contributed by atoms with Crippen LogP contribution in [-0.4, -0.2) is 43.2 Å². The highest BCUT2D eigenvalue weighted by Gasteiger charge is 2.43. The summed E-state index contributed by atoms with van der Waals surface area (Å²) >= 11 is 0. The van der Waals surface area contributed by atoms with Gasteiger partial charge in [0, 0.05) is 32.3 Å². The van der Waals surface area contributed by atoms with Crippen LogP contribution in [0.15, 0.2) is 0 Å². The summed E-state index contributed by atoms with van der Waals surface area (Å²) < 4.78 is 5.38. The molecule has 1 saturated carbocycles. The lowest BCUT2D eigenvalue weighted by atomic mass is 9.78. The third-order valence-electron chi connectivity index (χ3n) is 4.33. The molecular weight excluding hydrogens is 228 g/mol. The monoisotopic (exact) mass is 254 g/mol. The zero-order chi connectivity index (χ0) is 13.2. The second-order valence-corrected chi connectivity index (χ2v) is 6.09. The Bertz CT molecular complexity index is 294. The molecule has 0 aromatic carbocycles. The van der Waals surface area contributed by atoms with Gasteiger partial charge in [-0.3, -0.25) is 4.79 Å². The van der Waals surface area contributed by atoms with E-state index in [1.54, 1.807) is 0 Å². The minimum absolute atomic E-state index is 0.259. The molecule has 1 aliphatic carbocycles. The van der Waals surface area contributed by atoms with Gasteiger partial charge in [0.2, 0.25) is 5.91 Å². The van der Waals surface area contributed by atoms with Gasteiger partial charge in [-0.25, -0.2) is 0 Å². The second-order valence-electron chi connectivity index (χ2n) is 6.09. The number of rotatable bonds is 5. The van der Waals surface area contributed by atoms with Crippen molar-refractivity contribution in [1.82, 2.24) is 4.90 Å². The molecule has 2 fully saturated rings. The fraction of sp³-hybridized carbons (Fsp3) is 0.929. The zero-order valence-electron chi connectivity index (χ0n) is 11.7. The summed E-state index contributed by atoms with van der Waals surface area (Å²) in [5.74, 6) is 0.987. The fourth-order valence-corrected chi connectivity index (χ4v) is 2.68. The summed E-state index contributed by atoms with van der Waals surface area (Å²) in [5.41, 5.74) is 5.56. The van der Waals surface area contributed by atoms with Gasteiger partial charge in [-0.15, -0.1) is 0 Å². The van der Waals surface area contributed by atoms with Crippen LogP contribution < -0.4 is 5.73 Å². The molecular formula is C14H26N2O2. The first-order valence-electron chi connectivity index (χ1n) is 7.18. The molecule has 0 atom stereocenters. The van der Waals surface area contributed by atoms with E-state index >= 15 is 0 Å². The van der Waals surface area contributed by atoms with Crippen LogP contribution in [-0.2, 0) is 9.53 Å². The van der Waals surface area contributed by atoms with Gasteiger partial charge in [0.1, 0.15) is 0 Å². The molecule has 18 heavy (non-hydrogen) atoms. The van der Waals surface area contributed by atoms with Crippen LogP contribution in [0.4, 0.5) is 0 Å². The molecule has 0 bridgehead atoms. The molecule has 2 N–H and O–H groups in total. The molecule has 1 saturated heterocycles. The summed E-state index contributed by atoms with van der Waals surface area (Å²) in [6.07, 6.45) is 4.09. The maximum Gasteiger partial charge on any atom is 0.230 e. The Morgan fingerprint density at radius 3 is 2.44 bits per heavy atom. The lowest BCUT2D eigenvalue weighted by Crippen LogP contribution is -2.53. The van der Waals surface area contributed by atoms with Crippen molar-refractivity contribution in [3.63, 3.8) is 0 Å². The summed E-state index contributed by atoms with van der Waals surface area (Å²) in [4.78, 5) is 14.9. The Morgan fingerprint density at radius 1 is 1.39 bits per heavy atom. The van der Waals surface area contributed by atoms with Crippen LogP contribution in [0.3, 0.4) is 0 Å². The van der Waals surface area contributed by atoms with Gasteiger partial charge in [-0.1, -0.05) is 0 Å². The van der Waals surface area contributed by atoms with E-state index in [0.29, 0.717) is 19.8 Å². The quantitative estimate of drug-likeness (QED) is 0.806. The predicted octanol–water partition coefficient (Wildman–Crippen LogP) is 1.39. The van der Waals surface area contributed by atoms with Gasteiger partial charge in [0.05, 0.1) is 5.41 Å². The third kappa shape index (κ3) is 2.86. The van der Waals surface area contributed by atoms with Crippen LogP contribution in [0.1, 0.15) is 39.5 Å². The average molecular weight is 254 g/mol. The lowest BCUT2D eigenvalue weighted by Gasteiger charge is -2.40. The predicted molar refractivity (Wildman–Crippen MR) is 71.1 cm³/mol. The second kappa shape index (κ2) is 5.57. The van der Waals surface area contributed by atoms with Crippen molar-refractivity contribution >= 4 is 5.91 Å². The fourth-order valence-electron chi connectivity index (χ4n) is 2.68. The van der Waals surface area contributed by atoms with E-state index in [0.717, 1.165) is 25.3 Å². The van der Waals surface area contributed by atoms with E-state index in [1.165, 1.54) is 12.8 Å². The Hall–Kier alpha value is -0.610. The highest BCUT2D eigenvalue weighted by Crippen LogP contribution is 2.35. The smallest absolute Gasteiger partial charge is 0.230 e. The number of carbonyl (C=O) groups excluding carboxylic acids is 1. The Kier molecular flexibility index (Phi) is 4.28. The lowest BCUT2D eigenvalue weighted by molar-refractivity contribution is -0.149. The molecule has 104 valence electrons. The molecule has 0 aromatic heterocycles. The van der Waals surface area contributed by atoms with Gasteiger partial charge in [-0.2, -0.15) is 0 Å². The first-order valence-corrected chi connectivity index (χ1v) is 7.18. The molecule has 4 nitrogen and oxygen atoms in total. The topological polar surface area (TPSA) is 55.6 Å². The average Bonchev–Trinajstić information content (AvgIpc) is 3.19. The van der Waals surface area contributed by atoms with Crippen molar-refractivity contribution in [2.24, 2.45) is 17.1 Å². The highest BCUT2D eigenvalue weighted by molar-refractivity contribution is 5.83. The molecule has 1 heterocycles. The molecule has 0 unspecified atom stereocenters. The molecule has 1 aliphatic heterocycles. The van der Waals surface area contributed by atoms with Crippen LogP contribution in [0.2, 0.25) is 0 Å². The number of nitrogens with zero attached hydrogens (tertiary/aromatic N) is 1. The van der Waals surface area contributed by atoms with Crippen LogP contribution in [0, 0.1) is 11.3 Å². The van der Waals surface area contributed by atoms with Gasteiger partial charge in [0.25, 0.3) is 0 Å². The molecule has 0 spiro atoms. The minimum Gasteiger partial charge on any atom is -0.381 e. The molecule has 2 aliphatic rings.